The first-order chi connectivity index (χ1) is 11.7. The monoisotopic (exact) mass is 340 g/mol. The van der Waals surface area contributed by atoms with Gasteiger partial charge in [0.25, 0.3) is 0 Å². The van der Waals surface area contributed by atoms with Crippen LogP contribution in [-0.4, -0.2) is 17.6 Å². The summed E-state index contributed by atoms with van der Waals surface area (Å²) in [5.41, 5.74) is 2.86. The highest BCUT2D eigenvalue weighted by Crippen LogP contribution is 2.31. The van der Waals surface area contributed by atoms with Crippen molar-refractivity contribution in [2.75, 3.05) is 11.9 Å². The number of carbonyl (C=O) groups is 1. The van der Waals surface area contributed by atoms with E-state index in [1.165, 1.54) is 6.20 Å². The van der Waals surface area contributed by atoms with Gasteiger partial charge in [0, 0.05) is 18.1 Å². The Morgan fingerprint density at radius 3 is 2.71 bits per heavy atom. The highest BCUT2D eigenvalue weighted by atomic mass is 35.5. The number of anilines is 1. The van der Waals surface area contributed by atoms with Gasteiger partial charge in [0.2, 0.25) is 0 Å². The predicted molar refractivity (Wildman–Crippen MR) is 96.5 cm³/mol. The summed E-state index contributed by atoms with van der Waals surface area (Å²) >= 11 is 6.23. The minimum absolute atomic E-state index is 0.310. The predicted octanol–water partition coefficient (Wildman–Crippen LogP) is 4.68. The largest absolute Gasteiger partial charge is 0.462 e. The molecular weight excluding hydrogens is 324 g/mol. The molecule has 0 spiro atoms. The third-order valence-corrected chi connectivity index (χ3v) is 3.96. The standard InChI is InChI=1S/C19H17ClN2O2/c1-2-24-19(23)15-12-22-18-14(9-6-10-16(18)20)17(15)21-11-13-7-4-3-5-8-13/h3-10,12H,2,11H2,1H3,(H,21,22). The van der Waals surface area contributed by atoms with E-state index in [2.05, 4.69) is 10.3 Å². The Kier molecular flexibility index (Phi) is 4.96. The molecule has 5 heteroatoms. The topological polar surface area (TPSA) is 51.2 Å². The number of ether oxygens (including phenoxy) is 1. The van der Waals surface area contributed by atoms with Gasteiger partial charge in [-0.15, -0.1) is 0 Å². The lowest BCUT2D eigenvalue weighted by Gasteiger charge is -2.14. The number of hydrogen-bond donors (Lipinski definition) is 1. The number of benzene rings is 2. The Balaban J connectivity index is 2.05. The van der Waals surface area contributed by atoms with Gasteiger partial charge in [-0.25, -0.2) is 4.79 Å². The van der Waals surface area contributed by atoms with Crippen LogP contribution in [-0.2, 0) is 11.3 Å². The second-order valence-electron chi connectivity index (χ2n) is 5.24. The molecule has 2 aromatic carbocycles. The normalized spacial score (nSPS) is 10.6. The molecule has 0 saturated carbocycles. The molecule has 0 aliphatic rings. The summed E-state index contributed by atoms with van der Waals surface area (Å²) < 4.78 is 5.15. The van der Waals surface area contributed by atoms with Crippen molar-refractivity contribution in [3.05, 3.63) is 70.9 Å². The average molecular weight is 341 g/mol. The van der Waals surface area contributed by atoms with Gasteiger partial charge in [0.1, 0.15) is 5.56 Å². The second kappa shape index (κ2) is 7.32. The second-order valence-corrected chi connectivity index (χ2v) is 5.65. The minimum Gasteiger partial charge on any atom is -0.462 e. The Hall–Kier alpha value is -2.59. The quantitative estimate of drug-likeness (QED) is 0.685. The molecule has 0 amide bonds. The van der Waals surface area contributed by atoms with Gasteiger partial charge in [-0.3, -0.25) is 4.98 Å². The molecule has 0 unspecified atom stereocenters. The molecule has 0 aliphatic carbocycles. The lowest BCUT2D eigenvalue weighted by molar-refractivity contribution is 0.0527. The highest BCUT2D eigenvalue weighted by Gasteiger charge is 2.17. The van der Waals surface area contributed by atoms with Crippen LogP contribution in [0, 0.1) is 0 Å². The lowest BCUT2D eigenvalue weighted by Crippen LogP contribution is -2.11. The fraction of sp³-hybridized carbons (Fsp3) is 0.158. The van der Waals surface area contributed by atoms with Gasteiger partial charge in [-0.2, -0.15) is 0 Å². The Bertz CT molecular complexity index is 866. The molecule has 0 fully saturated rings. The number of nitrogens with one attached hydrogen (secondary N) is 1. The van der Waals surface area contributed by atoms with Crippen LogP contribution in [0.2, 0.25) is 5.02 Å². The molecule has 0 bridgehead atoms. The molecule has 0 aliphatic heterocycles. The number of rotatable bonds is 5. The SMILES string of the molecule is CCOC(=O)c1cnc2c(Cl)cccc2c1NCc1ccccc1. The van der Waals surface area contributed by atoms with Crippen molar-refractivity contribution in [1.82, 2.24) is 4.98 Å². The van der Waals surface area contributed by atoms with Gasteiger partial charge in [0.05, 0.1) is 22.8 Å². The molecule has 0 radical (unpaired) electrons. The van der Waals surface area contributed by atoms with E-state index in [1.54, 1.807) is 13.0 Å². The number of pyridine rings is 1. The van der Waals surface area contributed by atoms with Crippen molar-refractivity contribution >= 4 is 34.2 Å². The smallest absolute Gasteiger partial charge is 0.341 e. The zero-order chi connectivity index (χ0) is 16.9. The molecule has 1 heterocycles. The van der Waals surface area contributed by atoms with E-state index in [1.807, 2.05) is 42.5 Å². The first kappa shape index (κ1) is 16.3. The Labute approximate surface area is 145 Å². The van der Waals surface area contributed by atoms with E-state index in [9.17, 15) is 4.79 Å². The number of carbonyl (C=O) groups excluding carboxylic acids is 1. The number of para-hydroxylation sites is 1. The molecular formula is C19H17ClN2O2. The summed E-state index contributed by atoms with van der Waals surface area (Å²) in [5.74, 6) is -0.401. The van der Waals surface area contributed by atoms with Crippen LogP contribution in [0.4, 0.5) is 5.69 Å². The van der Waals surface area contributed by atoms with Crippen LogP contribution in [0.1, 0.15) is 22.8 Å². The number of aromatic nitrogens is 1. The summed E-state index contributed by atoms with van der Waals surface area (Å²) in [6.07, 6.45) is 1.51. The van der Waals surface area contributed by atoms with Crippen LogP contribution in [0.5, 0.6) is 0 Å². The third kappa shape index (κ3) is 3.34. The molecule has 3 aromatic rings. The van der Waals surface area contributed by atoms with E-state index in [-0.39, 0.29) is 0 Å². The van der Waals surface area contributed by atoms with Crippen molar-refractivity contribution in [1.29, 1.82) is 0 Å². The molecule has 3 rings (SSSR count). The van der Waals surface area contributed by atoms with Crippen LogP contribution in [0.25, 0.3) is 10.9 Å². The molecule has 1 aromatic heterocycles. The van der Waals surface area contributed by atoms with Crippen LogP contribution < -0.4 is 5.32 Å². The van der Waals surface area contributed by atoms with Gasteiger partial charge in [-0.1, -0.05) is 54.1 Å². The van der Waals surface area contributed by atoms with Crippen molar-refractivity contribution in [3.8, 4) is 0 Å². The van der Waals surface area contributed by atoms with E-state index >= 15 is 0 Å². The van der Waals surface area contributed by atoms with Gasteiger partial charge in [0.15, 0.2) is 0 Å². The summed E-state index contributed by atoms with van der Waals surface area (Å²) in [4.78, 5) is 16.6. The molecule has 122 valence electrons. The van der Waals surface area contributed by atoms with Crippen LogP contribution in [0.15, 0.2) is 54.7 Å². The highest BCUT2D eigenvalue weighted by molar-refractivity contribution is 6.35. The zero-order valence-corrected chi connectivity index (χ0v) is 14.0. The van der Waals surface area contributed by atoms with E-state index in [0.717, 1.165) is 10.9 Å². The number of halogens is 1. The maximum Gasteiger partial charge on any atom is 0.341 e. The number of fused-ring (bicyclic) bond motifs is 1. The van der Waals surface area contributed by atoms with Gasteiger partial charge in [-0.05, 0) is 18.6 Å². The molecule has 0 atom stereocenters. The molecule has 4 nitrogen and oxygen atoms in total. The summed E-state index contributed by atoms with van der Waals surface area (Å²) in [6.45, 7) is 2.67. The number of nitrogens with zero attached hydrogens (tertiary/aromatic N) is 1. The van der Waals surface area contributed by atoms with Crippen molar-refractivity contribution in [2.45, 2.75) is 13.5 Å². The fourth-order valence-corrected chi connectivity index (χ4v) is 2.75. The van der Waals surface area contributed by atoms with Crippen LogP contribution in [0.3, 0.4) is 0 Å². The minimum atomic E-state index is -0.401. The summed E-state index contributed by atoms with van der Waals surface area (Å²) in [5, 5.41) is 4.68. The van der Waals surface area contributed by atoms with Crippen LogP contribution >= 0.6 is 11.6 Å². The number of hydrogen-bond acceptors (Lipinski definition) is 4. The molecule has 1 N–H and O–H groups in total. The van der Waals surface area contributed by atoms with Gasteiger partial charge < -0.3 is 10.1 Å². The van der Waals surface area contributed by atoms with Gasteiger partial charge >= 0.3 is 5.97 Å². The fourth-order valence-electron chi connectivity index (χ4n) is 2.53. The van der Waals surface area contributed by atoms with E-state index < -0.39 is 5.97 Å². The molecule has 24 heavy (non-hydrogen) atoms. The first-order valence-corrected chi connectivity index (χ1v) is 8.10. The average Bonchev–Trinajstić information content (AvgIpc) is 2.61. The maximum atomic E-state index is 12.3. The van der Waals surface area contributed by atoms with E-state index in [4.69, 9.17) is 16.3 Å². The zero-order valence-electron chi connectivity index (χ0n) is 13.3. The van der Waals surface area contributed by atoms with E-state index in [0.29, 0.717) is 34.9 Å². The lowest BCUT2D eigenvalue weighted by atomic mass is 10.1. The Morgan fingerprint density at radius 2 is 1.96 bits per heavy atom. The third-order valence-electron chi connectivity index (χ3n) is 3.66. The Morgan fingerprint density at radius 1 is 1.17 bits per heavy atom. The first-order valence-electron chi connectivity index (χ1n) is 7.73. The summed E-state index contributed by atoms with van der Waals surface area (Å²) in [7, 11) is 0. The number of esters is 1. The van der Waals surface area contributed by atoms with Crippen molar-refractivity contribution in [3.63, 3.8) is 0 Å². The molecule has 0 saturated heterocycles. The van der Waals surface area contributed by atoms with Crippen molar-refractivity contribution in [2.24, 2.45) is 0 Å². The maximum absolute atomic E-state index is 12.3. The summed E-state index contributed by atoms with van der Waals surface area (Å²) in [6, 6.07) is 15.5. The van der Waals surface area contributed by atoms with Crippen molar-refractivity contribution < 1.29 is 9.53 Å².